The van der Waals surface area contributed by atoms with Gasteiger partial charge < -0.3 is 15.4 Å². The molecule has 1 fully saturated rings. The molecule has 0 aliphatic heterocycles. The topological polar surface area (TPSA) is 67.4 Å². The standard InChI is InChI=1S/C18H16Cl2N2O3/c1-25-16-5-3-2-4-15(16)22-18(24)12-9-11(12)17(23)21-10-6-7-13(19)14(20)8-10/h2-8,11-12H,9H2,1H3,(H,21,23)(H,22,24). The van der Waals surface area contributed by atoms with Gasteiger partial charge in [0.25, 0.3) is 0 Å². The van der Waals surface area contributed by atoms with E-state index in [-0.39, 0.29) is 23.7 Å². The van der Waals surface area contributed by atoms with Crippen LogP contribution in [0.4, 0.5) is 11.4 Å². The number of para-hydroxylation sites is 2. The molecule has 130 valence electrons. The summed E-state index contributed by atoms with van der Waals surface area (Å²) in [7, 11) is 1.54. The molecule has 2 atom stereocenters. The summed E-state index contributed by atoms with van der Waals surface area (Å²) in [5, 5.41) is 6.34. The van der Waals surface area contributed by atoms with E-state index < -0.39 is 0 Å². The van der Waals surface area contributed by atoms with Crippen molar-refractivity contribution in [2.45, 2.75) is 6.42 Å². The third-order valence-electron chi connectivity index (χ3n) is 4.02. The molecule has 0 heterocycles. The summed E-state index contributed by atoms with van der Waals surface area (Å²) in [6.07, 6.45) is 0.508. The van der Waals surface area contributed by atoms with Crippen molar-refractivity contribution in [2.24, 2.45) is 11.8 Å². The van der Waals surface area contributed by atoms with Crippen molar-refractivity contribution in [1.29, 1.82) is 0 Å². The number of anilines is 2. The van der Waals surface area contributed by atoms with Gasteiger partial charge in [0.15, 0.2) is 0 Å². The van der Waals surface area contributed by atoms with Gasteiger partial charge in [0.1, 0.15) is 5.75 Å². The van der Waals surface area contributed by atoms with E-state index in [9.17, 15) is 9.59 Å². The summed E-state index contributed by atoms with van der Waals surface area (Å²) < 4.78 is 5.20. The first-order chi connectivity index (χ1) is 12.0. The van der Waals surface area contributed by atoms with E-state index in [0.29, 0.717) is 33.6 Å². The normalized spacial score (nSPS) is 18.4. The maximum atomic E-state index is 12.3. The van der Waals surface area contributed by atoms with Crippen molar-refractivity contribution in [3.05, 3.63) is 52.5 Å². The van der Waals surface area contributed by atoms with Crippen LogP contribution in [-0.2, 0) is 9.59 Å². The van der Waals surface area contributed by atoms with Crippen molar-refractivity contribution in [2.75, 3.05) is 17.7 Å². The van der Waals surface area contributed by atoms with Gasteiger partial charge in [0.05, 0.1) is 34.7 Å². The van der Waals surface area contributed by atoms with Crippen LogP contribution in [0.1, 0.15) is 6.42 Å². The van der Waals surface area contributed by atoms with Gasteiger partial charge >= 0.3 is 0 Å². The lowest BCUT2D eigenvalue weighted by molar-refractivity contribution is -0.122. The minimum Gasteiger partial charge on any atom is -0.495 e. The molecule has 2 unspecified atom stereocenters. The molecule has 0 saturated heterocycles. The number of rotatable bonds is 5. The Balaban J connectivity index is 1.58. The maximum Gasteiger partial charge on any atom is 0.228 e. The fourth-order valence-electron chi connectivity index (χ4n) is 2.56. The van der Waals surface area contributed by atoms with Gasteiger partial charge in [-0.25, -0.2) is 0 Å². The third-order valence-corrected chi connectivity index (χ3v) is 4.75. The first-order valence-corrected chi connectivity index (χ1v) is 8.45. The Morgan fingerprint density at radius 1 is 1.00 bits per heavy atom. The van der Waals surface area contributed by atoms with Crippen molar-refractivity contribution in [3.63, 3.8) is 0 Å². The van der Waals surface area contributed by atoms with E-state index in [1.54, 1.807) is 36.4 Å². The number of methoxy groups -OCH3 is 1. The predicted molar refractivity (Wildman–Crippen MR) is 98.3 cm³/mol. The first-order valence-electron chi connectivity index (χ1n) is 7.69. The minimum absolute atomic E-state index is 0.196. The van der Waals surface area contributed by atoms with Crippen LogP contribution in [-0.4, -0.2) is 18.9 Å². The highest BCUT2D eigenvalue weighted by molar-refractivity contribution is 6.42. The molecule has 1 saturated carbocycles. The molecule has 2 aromatic carbocycles. The molecule has 2 amide bonds. The van der Waals surface area contributed by atoms with Gasteiger partial charge in [-0.2, -0.15) is 0 Å². The van der Waals surface area contributed by atoms with Crippen LogP contribution in [0, 0.1) is 11.8 Å². The zero-order chi connectivity index (χ0) is 18.0. The molecule has 2 aromatic rings. The quantitative estimate of drug-likeness (QED) is 0.818. The third kappa shape index (κ3) is 4.06. The SMILES string of the molecule is COc1ccccc1NC(=O)C1CC1C(=O)Nc1ccc(Cl)c(Cl)c1. The molecule has 0 aromatic heterocycles. The van der Waals surface area contributed by atoms with E-state index in [0.717, 1.165) is 0 Å². The Bertz CT molecular complexity index is 826. The first kappa shape index (κ1) is 17.6. The second-order valence-corrected chi connectivity index (χ2v) is 6.57. The molecular weight excluding hydrogens is 363 g/mol. The van der Waals surface area contributed by atoms with Gasteiger partial charge in [0.2, 0.25) is 11.8 Å². The van der Waals surface area contributed by atoms with Crippen molar-refractivity contribution >= 4 is 46.4 Å². The van der Waals surface area contributed by atoms with Crippen LogP contribution in [0.5, 0.6) is 5.75 Å². The molecule has 25 heavy (non-hydrogen) atoms. The predicted octanol–water partition coefficient (Wildman–Crippen LogP) is 4.22. The van der Waals surface area contributed by atoms with Crippen LogP contribution in [0.25, 0.3) is 0 Å². The number of carbonyl (C=O) groups is 2. The van der Waals surface area contributed by atoms with Gasteiger partial charge in [-0.1, -0.05) is 35.3 Å². The second kappa shape index (κ2) is 7.33. The van der Waals surface area contributed by atoms with Crippen molar-refractivity contribution in [1.82, 2.24) is 0 Å². The zero-order valence-electron chi connectivity index (χ0n) is 13.4. The van der Waals surface area contributed by atoms with Crippen LogP contribution in [0.15, 0.2) is 42.5 Å². The zero-order valence-corrected chi connectivity index (χ0v) is 14.9. The van der Waals surface area contributed by atoms with Crippen LogP contribution in [0.2, 0.25) is 10.0 Å². The molecule has 3 rings (SSSR count). The molecule has 5 nitrogen and oxygen atoms in total. The molecule has 0 spiro atoms. The summed E-state index contributed by atoms with van der Waals surface area (Å²) in [6, 6.07) is 12.0. The molecule has 2 N–H and O–H groups in total. The van der Waals surface area contributed by atoms with Gasteiger partial charge in [-0.05, 0) is 36.8 Å². The summed E-state index contributed by atoms with van der Waals surface area (Å²) in [6.45, 7) is 0. The van der Waals surface area contributed by atoms with E-state index in [4.69, 9.17) is 27.9 Å². The highest BCUT2D eigenvalue weighted by atomic mass is 35.5. The smallest absolute Gasteiger partial charge is 0.228 e. The molecule has 0 radical (unpaired) electrons. The Morgan fingerprint density at radius 2 is 1.68 bits per heavy atom. The Kier molecular flexibility index (Phi) is 5.16. The number of nitrogens with one attached hydrogen (secondary N) is 2. The van der Waals surface area contributed by atoms with Crippen LogP contribution >= 0.6 is 23.2 Å². The summed E-state index contributed by atoms with van der Waals surface area (Å²) in [5.74, 6) is -0.539. The molecule has 1 aliphatic rings. The lowest BCUT2D eigenvalue weighted by atomic mass is 10.2. The molecule has 1 aliphatic carbocycles. The Labute approximate surface area is 155 Å². The summed E-state index contributed by atoms with van der Waals surface area (Å²) in [5.41, 5.74) is 1.14. The maximum absolute atomic E-state index is 12.3. The highest BCUT2D eigenvalue weighted by Crippen LogP contribution is 2.41. The van der Waals surface area contributed by atoms with E-state index >= 15 is 0 Å². The number of benzene rings is 2. The number of carbonyl (C=O) groups excluding carboxylic acids is 2. The van der Waals surface area contributed by atoms with Crippen LogP contribution in [0.3, 0.4) is 0 Å². The molecular formula is C18H16Cl2N2O3. The highest BCUT2D eigenvalue weighted by Gasteiger charge is 2.48. The van der Waals surface area contributed by atoms with Gasteiger partial charge in [-0.15, -0.1) is 0 Å². The summed E-state index contributed by atoms with van der Waals surface area (Å²) in [4.78, 5) is 24.6. The van der Waals surface area contributed by atoms with Gasteiger partial charge in [-0.3, -0.25) is 9.59 Å². The van der Waals surface area contributed by atoms with E-state index in [1.165, 1.54) is 7.11 Å². The Morgan fingerprint density at radius 3 is 2.36 bits per heavy atom. The second-order valence-electron chi connectivity index (χ2n) is 5.76. The molecule has 7 heteroatoms. The number of halogens is 2. The minimum atomic E-state index is -0.357. The van der Waals surface area contributed by atoms with Crippen molar-refractivity contribution in [3.8, 4) is 5.75 Å². The fourth-order valence-corrected chi connectivity index (χ4v) is 2.85. The average Bonchev–Trinajstić information content (AvgIpc) is 3.39. The van der Waals surface area contributed by atoms with Crippen LogP contribution < -0.4 is 15.4 Å². The Hall–Kier alpha value is -2.24. The number of amides is 2. The number of hydrogen-bond donors (Lipinski definition) is 2. The fraction of sp³-hybridized carbons (Fsp3) is 0.222. The number of hydrogen-bond acceptors (Lipinski definition) is 3. The molecule has 0 bridgehead atoms. The van der Waals surface area contributed by atoms with Gasteiger partial charge in [0, 0.05) is 5.69 Å². The lowest BCUT2D eigenvalue weighted by Gasteiger charge is -2.10. The summed E-state index contributed by atoms with van der Waals surface area (Å²) >= 11 is 11.8. The van der Waals surface area contributed by atoms with E-state index in [1.807, 2.05) is 6.07 Å². The monoisotopic (exact) mass is 378 g/mol. The lowest BCUT2D eigenvalue weighted by Crippen LogP contribution is -2.20. The average molecular weight is 379 g/mol. The van der Waals surface area contributed by atoms with Crippen molar-refractivity contribution < 1.29 is 14.3 Å². The number of ether oxygens (including phenoxy) is 1. The largest absolute Gasteiger partial charge is 0.495 e. The van der Waals surface area contributed by atoms with E-state index in [2.05, 4.69) is 10.6 Å².